The quantitative estimate of drug-likeness (QED) is 0.435. The van der Waals surface area contributed by atoms with E-state index in [1.54, 1.807) is 74.2 Å². The number of nitrogens with zero attached hydrogens (tertiary/aromatic N) is 1. The Morgan fingerprint density at radius 3 is 1.90 bits per heavy atom. The van der Waals surface area contributed by atoms with Crippen molar-refractivity contribution >= 4 is 23.4 Å². The third-order valence-corrected chi connectivity index (χ3v) is 4.74. The van der Waals surface area contributed by atoms with Crippen molar-refractivity contribution in [2.75, 3.05) is 19.4 Å². The number of nitrogens with one attached hydrogen (secondary N) is 2. The average molecular weight is 417 g/mol. The van der Waals surface area contributed by atoms with E-state index in [1.807, 2.05) is 19.1 Å². The standard InChI is InChI=1S/C24H23N3O4/c1-15-4-6-17(7-5-15)22(28)25-21-13-19(12-20(14-21)24(30)27(2)3)16-8-10-18(11-9-16)23(29)26-31/h4-14,31H,1-3H3,(H,25,28)(H,26,29). The molecule has 3 rings (SSSR count). The molecule has 3 aromatic rings. The number of hydroxylamine groups is 1. The lowest BCUT2D eigenvalue weighted by Gasteiger charge is -2.15. The number of aryl methyl sites for hydroxylation is 1. The van der Waals surface area contributed by atoms with E-state index < -0.39 is 5.91 Å². The topological polar surface area (TPSA) is 98.7 Å². The highest BCUT2D eigenvalue weighted by Crippen LogP contribution is 2.26. The van der Waals surface area contributed by atoms with Crippen molar-refractivity contribution < 1.29 is 19.6 Å². The van der Waals surface area contributed by atoms with Crippen molar-refractivity contribution in [2.24, 2.45) is 0 Å². The molecule has 0 aromatic heterocycles. The number of anilines is 1. The highest BCUT2D eigenvalue weighted by atomic mass is 16.5. The first kappa shape index (κ1) is 21.7. The molecule has 3 N–H and O–H groups in total. The summed E-state index contributed by atoms with van der Waals surface area (Å²) in [6.07, 6.45) is 0. The fourth-order valence-corrected chi connectivity index (χ4v) is 3.03. The Morgan fingerprint density at radius 2 is 1.32 bits per heavy atom. The number of rotatable bonds is 5. The van der Waals surface area contributed by atoms with E-state index >= 15 is 0 Å². The summed E-state index contributed by atoms with van der Waals surface area (Å²) in [5, 5.41) is 11.6. The SMILES string of the molecule is Cc1ccc(C(=O)Nc2cc(C(=O)N(C)C)cc(-c3ccc(C(=O)NO)cc3)c2)cc1. The summed E-state index contributed by atoms with van der Waals surface area (Å²) in [6, 6.07) is 18.8. The summed E-state index contributed by atoms with van der Waals surface area (Å²) in [6.45, 7) is 1.94. The van der Waals surface area contributed by atoms with Gasteiger partial charge in [-0.05, 0) is 60.5 Å². The fourth-order valence-electron chi connectivity index (χ4n) is 3.03. The smallest absolute Gasteiger partial charge is 0.274 e. The van der Waals surface area contributed by atoms with Gasteiger partial charge in [-0.15, -0.1) is 0 Å². The van der Waals surface area contributed by atoms with Crippen LogP contribution in [0.1, 0.15) is 36.6 Å². The van der Waals surface area contributed by atoms with Crippen molar-refractivity contribution in [1.29, 1.82) is 0 Å². The molecule has 0 spiro atoms. The molecule has 3 aromatic carbocycles. The minimum absolute atomic E-state index is 0.205. The van der Waals surface area contributed by atoms with Crippen LogP contribution in [0.15, 0.2) is 66.7 Å². The van der Waals surface area contributed by atoms with E-state index in [-0.39, 0.29) is 11.8 Å². The maximum atomic E-state index is 12.7. The van der Waals surface area contributed by atoms with Crippen LogP contribution in [0.25, 0.3) is 11.1 Å². The number of amides is 3. The molecular formula is C24H23N3O4. The maximum Gasteiger partial charge on any atom is 0.274 e. The molecule has 0 radical (unpaired) electrons. The van der Waals surface area contributed by atoms with E-state index in [9.17, 15) is 14.4 Å². The van der Waals surface area contributed by atoms with Crippen molar-refractivity contribution in [3.05, 3.63) is 89.0 Å². The minimum Gasteiger partial charge on any atom is -0.345 e. The van der Waals surface area contributed by atoms with Gasteiger partial charge >= 0.3 is 0 Å². The average Bonchev–Trinajstić information content (AvgIpc) is 2.78. The third-order valence-electron chi connectivity index (χ3n) is 4.74. The lowest BCUT2D eigenvalue weighted by molar-refractivity contribution is 0.0706. The molecule has 31 heavy (non-hydrogen) atoms. The zero-order valence-electron chi connectivity index (χ0n) is 17.5. The Balaban J connectivity index is 1.98. The molecule has 3 amide bonds. The molecule has 7 heteroatoms. The van der Waals surface area contributed by atoms with Crippen LogP contribution in [-0.4, -0.2) is 41.9 Å². The number of carbonyl (C=O) groups is 3. The summed E-state index contributed by atoms with van der Waals surface area (Å²) in [5.41, 5.74) is 5.78. The first-order valence-electron chi connectivity index (χ1n) is 9.58. The number of hydrogen-bond acceptors (Lipinski definition) is 4. The van der Waals surface area contributed by atoms with Crippen LogP contribution in [0.2, 0.25) is 0 Å². The second-order valence-corrected chi connectivity index (χ2v) is 7.34. The minimum atomic E-state index is -0.617. The molecule has 0 bridgehead atoms. The van der Waals surface area contributed by atoms with Crippen LogP contribution in [0, 0.1) is 6.92 Å². The monoisotopic (exact) mass is 417 g/mol. The molecule has 0 saturated carbocycles. The predicted molar refractivity (Wildman–Crippen MR) is 118 cm³/mol. The summed E-state index contributed by atoms with van der Waals surface area (Å²) in [7, 11) is 3.31. The first-order chi connectivity index (χ1) is 14.8. The lowest BCUT2D eigenvalue weighted by atomic mass is 10.00. The third kappa shape index (κ3) is 5.15. The molecule has 0 saturated heterocycles. The summed E-state index contributed by atoms with van der Waals surface area (Å²) in [5.74, 6) is -1.10. The van der Waals surface area contributed by atoms with Crippen molar-refractivity contribution in [2.45, 2.75) is 6.92 Å². The van der Waals surface area contributed by atoms with Crippen LogP contribution in [0.3, 0.4) is 0 Å². The molecule has 7 nitrogen and oxygen atoms in total. The Hall–Kier alpha value is -3.97. The van der Waals surface area contributed by atoms with Gasteiger partial charge in [0, 0.05) is 36.5 Å². The second-order valence-electron chi connectivity index (χ2n) is 7.34. The maximum absolute atomic E-state index is 12.7. The number of benzene rings is 3. The Kier molecular flexibility index (Phi) is 6.47. The van der Waals surface area contributed by atoms with E-state index in [4.69, 9.17) is 5.21 Å². The van der Waals surface area contributed by atoms with Gasteiger partial charge in [0.15, 0.2) is 0 Å². The number of carbonyl (C=O) groups excluding carboxylic acids is 3. The Labute approximate surface area is 180 Å². The van der Waals surface area contributed by atoms with Crippen LogP contribution >= 0.6 is 0 Å². The van der Waals surface area contributed by atoms with E-state index in [0.29, 0.717) is 27.9 Å². The summed E-state index contributed by atoms with van der Waals surface area (Å²) < 4.78 is 0. The van der Waals surface area contributed by atoms with Gasteiger partial charge in [-0.3, -0.25) is 19.6 Å². The van der Waals surface area contributed by atoms with Crippen molar-refractivity contribution in [1.82, 2.24) is 10.4 Å². The highest BCUT2D eigenvalue weighted by molar-refractivity contribution is 6.05. The molecule has 0 aliphatic heterocycles. The number of hydrogen-bond donors (Lipinski definition) is 3. The molecule has 0 aliphatic rings. The normalized spacial score (nSPS) is 10.3. The first-order valence-corrected chi connectivity index (χ1v) is 9.58. The van der Waals surface area contributed by atoms with Crippen LogP contribution < -0.4 is 10.8 Å². The Bertz CT molecular complexity index is 1120. The van der Waals surface area contributed by atoms with Gasteiger partial charge < -0.3 is 10.2 Å². The zero-order valence-corrected chi connectivity index (χ0v) is 17.5. The largest absolute Gasteiger partial charge is 0.345 e. The van der Waals surface area contributed by atoms with Gasteiger partial charge in [-0.2, -0.15) is 0 Å². The Morgan fingerprint density at radius 1 is 0.742 bits per heavy atom. The molecule has 0 fully saturated rings. The molecular weight excluding hydrogens is 394 g/mol. The summed E-state index contributed by atoms with van der Waals surface area (Å²) in [4.78, 5) is 38.3. The molecule has 158 valence electrons. The van der Waals surface area contributed by atoms with Crippen LogP contribution in [0.4, 0.5) is 5.69 Å². The molecule has 0 heterocycles. The van der Waals surface area contributed by atoms with Crippen molar-refractivity contribution in [3.63, 3.8) is 0 Å². The molecule has 0 aliphatic carbocycles. The van der Waals surface area contributed by atoms with Gasteiger partial charge in [0.1, 0.15) is 0 Å². The fraction of sp³-hybridized carbons (Fsp3) is 0.125. The highest BCUT2D eigenvalue weighted by Gasteiger charge is 2.14. The van der Waals surface area contributed by atoms with Gasteiger partial charge in [0.05, 0.1) is 0 Å². The lowest BCUT2D eigenvalue weighted by Crippen LogP contribution is -2.22. The molecule has 0 unspecified atom stereocenters. The predicted octanol–water partition coefficient (Wildman–Crippen LogP) is 3.74. The van der Waals surface area contributed by atoms with E-state index in [0.717, 1.165) is 11.1 Å². The van der Waals surface area contributed by atoms with E-state index in [1.165, 1.54) is 4.90 Å². The van der Waals surface area contributed by atoms with Crippen LogP contribution in [-0.2, 0) is 0 Å². The van der Waals surface area contributed by atoms with Gasteiger partial charge in [-0.25, -0.2) is 5.48 Å². The van der Waals surface area contributed by atoms with Gasteiger partial charge in [0.2, 0.25) is 0 Å². The zero-order chi connectivity index (χ0) is 22.5. The van der Waals surface area contributed by atoms with Crippen molar-refractivity contribution in [3.8, 4) is 11.1 Å². The molecule has 0 atom stereocenters. The van der Waals surface area contributed by atoms with Gasteiger partial charge in [-0.1, -0.05) is 29.8 Å². The summed E-state index contributed by atoms with van der Waals surface area (Å²) >= 11 is 0. The van der Waals surface area contributed by atoms with Gasteiger partial charge in [0.25, 0.3) is 17.7 Å². The van der Waals surface area contributed by atoms with E-state index in [2.05, 4.69) is 5.32 Å². The van der Waals surface area contributed by atoms with Crippen LogP contribution in [0.5, 0.6) is 0 Å². The second kappa shape index (κ2) is 9.23.